The molecular weight excluding hydrogens is 256 g/mol. The van der Waals surface area contributed by atoms with Gasteiger partial charge in [-0.15, -0.1) is 0 Å². The van der Waals surface area contributed by atoms with Crippen LogP contribution in [0.15, 0.2) is 24.3 Å². The Morgan fingerprint density at radius 1 is 1.27 bits per heavy atom. The Kier molecular flexibility index (Phi) is 5.12. The predicted molar refractivity (Wildman–Crippen MR) is 65.8 cm³/mol. The molecule has 1 rings (SSSR count). The van der Waals surface area contributed by atoms with Crippen molar-refractivity contribution in [3.8, 4) is 5.75 Å². The molecule has 84 valence electrons. The first-order valence-electron chi connectivity index (χ1n) is 5.08. The van der Waals surface area contributed by atoms with E-state index in [1.165, 1.54) is 5.56 Å². The number of alkyl halides is 1. The van der Waals surface area contributed by atoms with Gasteiger partial charge in [0.05, 0.1) is 13.2 Å². The molecule has 1 aromatic carbocycles. The lowest BCUT2D eigenvalue weighted by Gasteiger charge is -2.20. The third-order valence-electron chi connectivity index (χ3n) is 2.21. The van der Waals surface area contributed by atoms with Crippen LogP contribution < -0.4 is 4.74 Å². The molecule has 0 aliphatic heterocycles. The Labute approximate surface area is 99.7 Å². The molecule has 0 bridgehead atoms. The van der Waals surface area contributed by atoms with Crippen molar-refractivity contribution in [1.29, 1.82) is 0 Å². The van der Waals surface area contributed by atoms with E-state index in [9.17, 15) is 0 Å². The van der Waals surface area contributed by atoms with E-state index in [2.05, 4.69) is 22.9 Å². The first-order valence-corrected chi connectivity index (χ1v) is 6.00. The van der Waals surface area contributed by atoms with Gasteiger partial charge in [-0.3, -0.25) is 0 Å². The molecule has 1 aromatic rings. The standard InChI is InChI=1S/C12H17BrO2/c1-4-15-12(9(2)13)10-5-7-11(14-3)8-6-10/h5-9,12H,4H2,1-3H3. The van der Waals surface area contributed by atoms with E-state index in [1.54, 1.807) is 7.11 Å². The molecular formula is C12H17BrO2. The summed E-state index contributed by atoms with van der Waals surface area (Å²) in [5.41, 5.74) is 1.17. The van der Waals surface area contributed by atoms with E-state index in [-0.39, 0.29) is 6.10 Å². The SMILES string of the molecule is CCOC(c1ccc(OC)cc1)C(C)Br. The Bertz CT molecular complexity index is 282. The summed E-state index contributed by atoms with van der Waals surface area (Å²) in [6, 6.07) is 7.99. The van der Waals surface area contributed by atoms with Gasteiger partial charge in [0.1, 0.15) is 5.75 Å². The molecule has 3 heteroatoms. The quantitative estimate of drug-likeness (QED) is 0.764. The van der Waals surface area contributed by atoms with E-state index in [0.717, 1.165) is 5.75 Å². The van der Waals surface area contributed by atoms with Crippen LogP contribution in [0.5, 0.6) is 5.75 Å². The summed E-state index contributed by atoms with van der Waals surface area (Å²) in [7, 11) is 1.67. The molecule has 0 radical (unpaired) electrons. The number of rotatable bonds is 5. The van der Waals surface area contributed by atoms with Crippen LogP contribution in [-0.4, -0.2) is 18.5 Å². The minimum Gasteiger partial charge on any atom is -0.497 e. The molecule has 0 saturated heterocycles. The summed E-state index contributed by atoms with van der Waals surface area (Å²) in [6.45, 7) is 4.81. The normalized spacial score (nSPS) is 14.7. The number of hydrogen-bond acceptors (Lipinski definition) is 2. The highest BCUT2D eigenvalue weighted by atomic mass is 79.9. The molecule has 15 heavy (non-hydrogen) atoms. The Morgan fingerprint density at radius 3 is 2.27 bits per heavy atom. The average Bonchev–Trinajstić information content (AvgIpc) is 2.26. The Balaban J connectivity index is 2.81. The molecule has 0 N–H and O–H groups in total. The maximum atomic E-state index is 5.68. The smallest absolute Gasteiger partial charge is 0.118 e. The fourth-order valence-corrected chi connectivity index (χ4v) is 1.92. The van der Waals surface area contributed by atoms with Gasteiger partial charge < -0.3 is 9.47 Å². The number of methoxy groups -OCH3 is 1. The van der Waals surface area contributed by atoms with E-state index >= 15 is 0 Å². The second-order valence-electron chi connectivity index (χ2n) is 3.33. The first kappa shape index (κ1) is 12.5. The maximum absolute atomic E-state index is 5.68. The maximum Gasteiger partial charge on any atom is 0.118 e. The predicted octanol–water partition coefficient (Wildman–Crippen LogP) is 3.56. The van der Waals surface area contributed by atoms with Gasteiger partial charge in [-0.1, -0.05) is 28.1 Å². The third-order valence-corrected chi connectivity index (χ3v) is 2.69. The monoisotopic (exact) mass is 272 g/mol. The van der Waals surface area contributed by atoms with Gasteiger partial charge >= 0.3 is 0 Å². The largest absolute Gasteiger partial charge is 0.497 e. The first-order chi connectivity index (χ1) is 7.19. The van der Waals surface area contributed by atoms with Crippen molar-refractivity contribution in [2.45, 2.75) is 24.8 Å². The van der Waals surface area contributed by atoms with Crippen LogP contribution in [0.2, 0.25) is 0 Å². The molecule has 2 atom stereocenters. The fourth-order valence-electron chi connectivity index (χ4n) is 1.47. The highest BCUT2D eigenvalue weighted by Crippen LogP contribution is 2.27. The van der Waals surface area contributed by atoms with Crippen molar-refractivity contribution >= 4 is 15.9 Å². The van der Waals surface area contributed by atoms with Gasteiger partial charge in [-0.05, 0) is 31.5 Å². The van der Waals surface area contributed by atoms with Crippen molar-refractivity contribution in [3.05, 3.63) is 29.8 Å². The minimum absolute atomic E-state index is 0.0981. The lowest BCUT2D eigenvalue weighted by Crippen LogP contribution is -2.12. The summed E-state index contributed by atoms with van der Waals surface area (Å²) < 4.78 is 10.8. The molecule has 0 heterocycles. The summed E-state index contributed by atoms with van der Waals surface area (Å²) in [4.78, 5) is 0.297. The van der Waals surface area contributed by atoms with Crippen LogP contribution in [0.25, 0.3) is 0 Å². The van der Waals surface area contributed by atoms with Gasteiger partial charge in [-0.25, -0.2) is 0 Å². The molecule has 0 aliphatic carbocycles. The molecule has 0 aromatic heterocycles. The van der Waals surface area contributed by atoms with E-state index in [0.29, 0.717) is 11.4 Å². The summed E-state index contributed by atoms with van der Waals surface area (Å²) in [5, 5.41) is 0. The van der Waals surface area contributed by atoms with Gasteiger partial charge in [0, 0.05) is 11.4 Å². The zero-order valence-electron chi connectivity index (χ0n) is 9.37. The second-order valence-corrected chi connectivity index (χ2v) is 4.77. The van der Waals surface area contributed by atoms with Gasteiger partial charge in [0.2, 0.25) is 0 Å². The van der Waals surface area contributed by atoms with Crippen molar-refractivity contribution in [2.75, 3.05) is 13.7 Å². The molecule has 0 aliphatic rings. The van der Waals surface area contributed by atoms with Crippen LogP contribution in [0.3, 0.4) is 0 Å². The van der Waals surface area contributed by atoms with Crippen molar-refractivity contribution in [3.63, 3.8) is 0 Å². The van der Waals surface area contributed by atoms with Crippen molar-refractivity contribution in [1.82, 2.24) is 0 Å². The summed E-state index contributed by atoms with van der Waals surface area (Å²) in [5.74, 6) is 0.872. The molecule has 2 unspecified atom stereocenters. The number of benzene rings is 1. The highest BCUT2D eigenvalue weighted by Gasteiger charge is 2.16. The van der Waals surface area contributed by atoms with E-state index in [1.807, 2.05) is 31.2 Å². The third kappa shape index (κ3) is 3.50. The Morgan fingerprint density at radius 2 is 1.87 bits per heavy atom. The van der Waals surface area contributed by atoms with Crippen molar-refractivity contribution in [2.24, 2.45) is 0 Å². The summed E-state index contributed by atoms with van der Waals surface area (Å²) >= 11 is 3.56. The molecule has 0 spiro atoms. The number of halogens is 1. The van der Waals surface area contributed by atoms with Gasteiger partial charge in [0.15, 0.2) is 0 Å². The zero-order chi connectivity index (χ0) is 11.3. The van der Waals surface area contributed by atoms with Crippen LogP contribution in [0.1, 0.15) is 25.5 Å². The molecule has 2 nitrogen and oxygen atoms in total. The van der Waals surface area contributed by atoms with Crippen LogP contribution in [0.4, 0.5) is 0 Å². The topological polar surface area (TPSA) is 18.5 Å². The molecule has 0 fully saturated rings. The Hall–Kier alpha value is -0.540. The minimum atomic E-state index is 0.0981. The average molecular weight is 273 g/mol. The van der Waals surface area contributed by atoms with Gasteiger partial charge in [-0.2, -0.15) is 0 Å². The van der Waals surface area contributed by atoms with E-state index < -0.39 is 0 Å². The van der Waals surface area contributed by atoms with E-state index in [4.69, 9.17) is 9.47 Å². The fraction of sp³-hybridized carbons (Fsp3) is 0.500. The second kappa shape index (κ2) is 6.13. The number of ether oxygens (including phenoxy) is 2. The summed E-state index contributed by atoms with van der Waals surface area (Å²) in [6.07, 6.45) is 0.0981. The van der Waals surface area contributed by atoms with Gasteiger partial charge in [0.25, 0.3) is 0 Å². The van der Waals surface area contributed by atoms with Crippen molar-refractivity contribution < 1.29 is 9.47 Å². The number of hydrogen-bond donors (Lipinski definition) is 0. The van der Waals surface area contributed by atoms with Crippen LogP contribution >= 0.6 is 15.9 Å². The molecule has 0 amide bonds. The van der Waals surface area contributed by atoms with Crippen LogP contribution in [-0.2, 0) is 4.74 Å². The lowest BCUT2D eigenvalue weighted by atomic mass is 10.1. The zero-order valence-corrected chi connectivity index (χ0v) is 11.0. The lowest BCUT2D eigenvalue weighted by molar-refractivity contribution is 0.0651. The highest BCUT2D eigenvalue weighted by molar-refractivity contribution is 9.09. The van der Waals surface area contributed by atoms with Crippen LogP contribution in [0, 0.1) is 0 Å². The molecule has 0 saturated carbocycles.